The van der Waals surface area contributed by atoms with Crippen LogP contribution in [-0.4, -0.2) is 19.8 Å². The van der Waals surface area contributed by atoms with Crippen molar-refractivity contribution in [1.82, 2.24) is 4.31 Å². The number of benzene rings is 1. The molecule has 0 amide bonds. The second kappa shape index (κ2) is 6.62. The SMILES string of the molecule is CN(Cc1ccc(Cl)s1)S(=O)(=O)c1cc(F)ccc1CCl. The van der Waals surface area contributed by atoms with Crippen LogP contribution in [0.5, 0.6) is 0 Å². The summed E-state index contributed by atoms with van der Waals surface area (Å²) in [6, 6.07) is 7.02. The highest BCUT2D eigenvalue weighted by Gasteiger charge is 2.24. The third kappa shape index (κ3) is 3.76. The number of thiophene rings is 1. The van der Waals surface area contributed by atoms with E-state index in [1.807, 2.05) is 0 Å². The smallest absolute Gasteiger partial charge is 0.207 e. The Hall–Kier alpha value is -0.660. The monoisotopic (exact) mass is 367 g/mol. The van der Waals surface area contributed by atoms with Gasteiger partial charge in [0.05, 0.1) is 9.23 Å². The maximum atomic E-state index is 13.4. The van der Waals surface area contributed by atoms with Gasteiger partial charge in [0.15, 0.2) is 0 Å². The quantitative estimate of drug-likeness (QED) is 0.746. The number of alkyl halides is 1. The van der Waals surface area contributed by atoms with Crippen LogP contribution in [0, 0.1) is 5.82 Å². The Bertz CT molecular complexity index is 746. The number of hydrogen-bond acceptors (Lipinski definition) is 3. The molecule has 0 aliphatic carbocycles. The van der Waals surface area contributed by atoms with Crippen LogP contribution in [0.25, 0.3) is 0 Å². The van der Waals surface area contributed by atoms with Crippen molar-refractivity contribution < 1.29 is 12.8 Å². The highest BCUT2D eigenvalue weighted by Crippen LogP contribution is 2.26. The van der Waals surface area contributed by atoms with Crippen LogP contribution in [0.3, 0.4) is 0 Å². The van der Waals surface area contributed by atoms with E-state index in [4.69, 9.17) is 23.2 Å². The molecule has 21 heavy (non-hydrogen) atoms. The van der Waals surface area contributed by atoms with Gasteiger partial charge < -0.3 is 0 Å². The molecule has 0 aliphatic rings. The van der Waals surface area contributed by atoms with E-state index >= 15 is 0 Å². The molecular weight excluding hydrogens is 356 g/mol. The van der Waals surface area contributed by atoms with Gasteiger partial charge in [-0.15, -0.1) is 22.9 Å². The van der Waals surface area contributed by atoms with E-state index in [1.54, 1.807) is 12.1 Å². The topological polar surface area (TPSA) is 37.4 Å². The molecular formula is C13H12Cl2FNO2S2. The van der Waals surface area contributed by atoms with Crippen LogP contribution in [-0.2, 0) is 22.4 Å². The first-order valence-electron chi connectivity index (χ1n) is 5.89. The molecule has 1 aromatic heterocycles. The van der Waals surface area contributed by atoms with Gasteiger partial charge in [-0.05, 0) is 29.8 Å². The van der Waals surface area contributed by atoms with Crippen molar-refractivity contribution in [2.45, 2.75) is 17.3 Å². The zero-order valence-corrected chi connectivity index (χ0v) is 14.2. The van der Waals surface area contributed by atoms with Gasteiger partial charge in [-0.1, -0.05) is 17.7 Å². The van der Waals surface area contributed by atoms with Crippen molar-refractivity contribution in [2.75, 3.05) is 7.05 Å². The van der Waals surface area contributed by atoms with Gasteiger partial charge in [0.1, 0.15) is 5.82 Å². The summed E-state index contributed by atoms with van der Waals surface area (Å²) in [6.45, 7) is 0.165. The van der Waals surface area contributed by atoms with Crippen molar-refractivity contribution in [1.29, 1.82) is 0 Å². The summed E-state index contributed by atoms with van der Waals surface area (Å²) < 4.78 is 40.2. The van der Waals surface area contributed by atoms with Gasteiger partial charge in [0.25, 0.3) is 0 Å². The fraction of sp³-hybridized carbons (Fsp3) is 0.231. The Kier molecular flexibility index (Phi) is 5.27. The summed E-state index contributed by atoms with van der Waals surface area (Å²) >= 11 is 12.9. The molecule has 0 atom stereocenters. The number of hydrogen-bond donors (Lipinski definition) is 0. The molecule has 0 unspecified atom stereocenters. The lowest BCUT2D eigenvalue weighted by Crippen LogP contribution is -2.27. The zero-order valence-electron chi connectivity index (χ0n) is 11.0. The van der Waals surface area contributed by atoms with E-state index in [-0.39, 0.29) is 17.3 Å². The molecule has 3 nitrogen and oxygen atoms in total. The van der Waals surface area contributed by atoms with E-state index in [1.165, 1.54) is 30.5 Å². The molecule has 2 rings (SSSR count). The minimum absolute atomic E-state index is 0.00644. The number of rotatable bonds is 5. The van der Waals surface area contributed by atoms with Gasteiger partial charge in [-0.3, -0.25) is 0 Å². The summed E-state index contributed by atoms with van der Waals surface area (Å²) in [5, 5.41) is 0. The summed E-state index contributed by atoms with van der Waals surface area (Å²) in [7, 11) is -2.38. The zero-order chi connectivity index (χ0) is 15.6. The summed E-state index contributed by atoms with van der Waals surface area (Å²) in [4.78, 5) is 0.692. The Morgan fingerprint density at radius 3 is 2.57 bits per heavy atom. The maximum Gasteiger partial charge on any atom is 0.243 e. The molecule has 8 heteroatoms. The first-order valence-corrected chi connectivity index (χ1v) is 9.06. The predicted molar refractivity (Wildman–Crippen MR) is 83.9 cm³/mol. The van der Waals surface area contributed by atoms with Gasteiger partial charge in [-0.2, -0.15) is 4.31 Å². The van der Waals surface area contributed by atoms with Gasteiger partial charge >= 0.3 is 0 Å². The van der Waals surface area contributed by atoms with Crippen molar-refractivity contribution in [3.63, 3.8) is 0 Å². The van der Waals surface area contributed by atoms with E-state index in [0.29, 0.717) is 9.90 Å². The minimum atomic E-state index is -3.82. The molecule has 0 bridgehead atoms. The van der Waals surface area contributed by atoms with Crippen LogP contribution in [0.15, 0.2) is 35.2 Å². The highest BCUT2D eigenvalue weighted by atomic mass is 35.5. The average Bonchev–Trinajstić information content (AvgIpc) is 2.84. The summed E-state index contributed by atoms with van der Waals surface area (Å²) in [5.41, 5.74) is 0.370. The van der Waals surface area contributed by atoms with Crippen molar-refractivity contribution in [3.05, 3.63) is 50.9 Å². The molecule has 0 aliphatic heterocycles. The lowest BCUT2D eigenvalue weighted by molar-refractivity contribution is 0.468. The summed E-state index contributed by atoms with van der Waals surface area (Å²) in [6.07, 6.45) is 0. The third-order valence-corrected chi connectivity index (χ3v) is 6.26. The standard InChI is InChI=1S/C13H12Cl2FNO2S2/c1-17(8-11-4-5-13(15)20-11)21(18,19)12-6-10(16)3-2-9(12)7-14/h2-6H,7-8H2,1H3. The second-order valence-electron chi connectivity index (χ2n) is 4.35. The van der Waals surface area contributed by atoms with Crippen LogP contribution in [0.4, 0.5) is 4.39 Å². The van der Waals surface area contributed by atoms with Crippen molar-refractivity contribution in [2.24, 2.45) is 0 Å². The molecule has 1 heterocycles. The molecule has 0 radical (unpaired) electrons. The lowest BCUT2D eigenvalue weighted by Gasteiger charge is -2.18. The van der Waals surface area contributed by atoms with E-state index in [0.717, 1.165) is 15.2 Å². The van der Waals surface area contributed by atoms with Crippen molar-refractivity contribution >= 4 is 44.6 Å². The van der Waals surface area contributed by atoms with Crippen LogP contribution >= 0.6 is 34.5 Å². The van der Waals surface area contributed by atoms with E-state index in [9.17, 15) is 12.8 Å². The summed E-state index contributed by atoms with van der Waals surface area (Å²) in [5.74, 6) is -0.622. The first-order chi connectivity index (χ1) is 9.84. The van der Waals surface area contributed by atoms with E-state index < -0.39 is 15.8 Å². The number of sulfonamides is 1. The minimum Gasteiger partial charge on any atom is -0.207 e. The molecule has 2 aromatic rings. The third-order valence-electron chi connectivity index (χ3n) is 2.87. The number of nitrogens with zero attached hydrogens (tertiary/aromatic N) is 1. The molecule has 0 saturated heterocycles. The average molecular weight is 368 g/mol. The van der Waals surface area contributed by atoms with Crippen LogP contribution in [0.1, 0.15) is 10.4 Å². The van der Waals surface area contributed by atoms with Crippen LogP contribution in [0.2, 0.25) is 4.34 Å². The van der Waals surface area contributed by atoms with E-state index in [2.05, 4.69) is 0 Å². The van der Waals surface area contributed by atoms with Gasteiger partial charge in [0.2, 0.25) is 10.0 Å². The predicted octanol–water partition coefficient (Wildman–Crippen LogP) is 4.10. The van der Waals surface area contributed by atoms with Gasteiger partial charge in [0, 0.05) is 24.3 Å². The lowest BCUT2D eigenvalue weighted by atomic mass is 10.2. The Balaban J connectivity index is 2.35. The fourth-order valence-electron chi connectivity index (χ4n) is 1.79. The number of halogens is 3. The fourth-order valence-corrected chi connectivity index (χ4v) is 4.70. The maximum absolute atomic E-state index is 13.4. The molecule has 0 N–H and O–H groups in total. The molecule has 0 saturated carbocycles. The Labute approximate surface area is 137 Å². The molecule has 114 valence electrons. The van der Waals surface area contributed by atoms with Gasteiger partial charge in [-0.25, -0.2) is 12.8 Å². The second-order valence-corrected chi connectivity index (χ2v) is 8.43. The van der Waals surface area contributed by atoms with Crippen molar-refractivity contribution in [3.8, 4) is 0 Å². The molecule has 0 fully saturated rings. The highest BCUT2D eigenvalue weighted by molar-refractivity contribution is 7.89. The molecule has 0 spiro atoms. The normalized spacial score (nSPS) is 12.0. The largest absolute Gasteiger partial charge is 0.243 e. The Morgan fingerprint density at radius 2 is 2.00 bits per heavy atom. The molecule has 1 aromatic carbocycles. The van der Waals surface area contributed by atoms with Crippen LogP contribution < -0.4 is 0 Å². The Morgan fingerprint density at radius 1 is 1.29 bits per heavy atom. The first kappa shape index (κ1) is 16.7.